The molecule has 4 heteroatoms. The van der Waals surface area contributed by atoms with E-state index in [-0.39, 0.29) is 6.09 Å². The van der Waals surface area contributed by atoms with Gasteiger partial charge in [-0.3, -0.25) is 4.90 Å². The topological polar surface area (TPSA) is 29.5 Å². The lowest BCUT2D eigenvalue weighted by molar-refractivity contribution is 0.0590. The Morgan fingerprint density at radius 3 is 2.50 bits per heavy atom. The van der Waals surface area contributed by atoms with Gasteiger partial charge in [0, 0.05) is 16.9 Å². The number of ether oxygens (including phenoxy) is 1. The normalized spacial score (nSPS) is 11.4. The Hall–Kier alpha value is -1.55. The van der Waals surface area contributed by atoms with Crippen LogP contribution in [0.2, 0.25) is 0 Å². The molecule has 2 aromatic rings. The highest BCUT2D eigenvalue weighted by Crippen LogP contribution is 2.31. The maximum Gasteiger partial charge on any atom is 0.414 e. The minimum Gasteiger partial charge on any atom is -0.443 e. The van der Waals surface area contributed by atoms with E-state index in [1.54, 1.807) is 11.9 Å². The largest absolute Gasteiger partial charge is 0.443 e. The second-order valence-electron chi connectivity index (χ2n) is 5.69. The molecule has 0 saturated heterocycles. The van der Waals surface area contributed by atoms with Gasteiger partial charge in [0.25, 0.3) is 0 Å². The molecule has 0 fully saturated rings. The van der Waals surface area contributed by atoms with E-state index in [4.69, 9.17) is 4.74 Å². The van der Waals surface area contributed by atoms with Crippen molar-refractivity contribution < 1.29 is 9.53 Å². The molecule has 0 aliphatic heterocycles. The number of anilines is 1. The van der Waals surface area contributed by atoms with Crippen LogP contribution in [0.4, 0.5) is 10.5 Å². The number of benzene rings is 2. The number of halogens is 1. The molecular formula is C16H18BrNO2. The van der Waals surface area contributed by atoms with Gasteiger partial charge in [0.1, 0.15) is 5.60 Å². The second kappa shape index (κ2) is 5.44. The summed E-state index contributed by atoms with van der Waals surface area (Å²) in [7, 11) is 1.72. The van der Waals surface area contributed by atoms with Crippen molar-refractivity contribution in [2.75, 3.05) is 11.9 Å². The number of hydrogen-bond donors (Lipinski definition) is 0. The predicted molar refractivity (Wildman–Crippen MR) is 86.3 cm³/mol. The summed E-state index contributed by atoms with van der Waals surface area (Å²) in [4.78, 5) is 13.7. The monoisotopic (exact) mass is 335 g/mol. The molecule has 0 radical (unpaired) electrons. The Morgan fingerprint density at radius 1 is 1.20 bits per heavy atom. The highest BCUT2D eigenvalue weighted by Gasteiger charge is 2.21. The molecule has 0 aliphatic rings. The lowest BCUT2D eigenvalue weighted by Crippen LogP contribution is -2.34. The predicted octanol–water partition coefficient (Wildman–Crippen LogP) is 4.97. The van der Waals surface area contributed by atoms with Crippen LogP contribution in [-0.2, 0) is 4.74 Å². The Balaban J connectivity index is 2.44. The SMILES string of the molecule is CN(C(=O)OC(C)(C)C)c1cc(Br)cc2ccccc12. The van der Waals surface area contributed by atoms with Crippen molar-refractivity contribution >= 4 is 38.5 Å². The van der Waals surface area contributed by atoms with E-state index in [1.165, 1.54) is 0 Å². The van der Waals surface area contributed by atoms with Crippen LogP contribution in [0.25, 0.3) is 10.8 Å². The highest BCUT2D eigenvalue weighted by atomic mass is 79.9. The molecule has 0 bridgehead atoms. The molecule has 106 valence electrons. The molecule has 0 N–H and O–H groups in total. The summed E-state index contributed by atoms with van der Waals surface area (Å²) >= 11 is 3.48. The van der Waals surface area contributed by atoms with E-state index in [1.807, 2.05) is 57.2 Å². The minimum atomic E-state index is -0.507. The number of carbonyl (C=O) groups excluding carboxylic acids is 1. The molecule has 1 amide bonds. The Kier molecular flexibility index (Phi) is 4.04. The van der Waals surface area contributed by atoms with Gasteiger partial charge in [0.2, 0.25) is 0 Å². The summed E-state index contributed by atoms with van der Waals surface area (Å²) in [6.45, 7) is 5.58. The molecule has 2 aromatic carbocycles. The quantitative estimate of drug-likeness (QED) is 0.735. The summed E-state index contributed by atoms with van der Waals surface area (Å²) in [6, 6.07) is 11.9. The maximum absolute atomic E-state index is 12.2. The van der Waals surface area contributed by atoms with Crippen LogP contribution >= 0.6 is 15.9 Å². The number of amides is 1. The fourth-order valence-electron chi connectivity index (χ4n) is 1.96. The molecule has 20 heavy (non-hydrogen) atoms. The van der Waals surface area contributed by atoms with Gasteiger partial charge in [0.05, 0.1) is 5.69 Å². The third-order valence-corrected chi connectivity index (χ3v) is 3.29. The molecule has 2 rings (SSSR count). The van der Waals surface area contributed by atoms with Crippen molar-refractivity contribution in [3.63, 3.8) is 0 Å². The molecular weight excluding hydrogens is 318 g/mol. The van der Waals surface area contributed by atoms with Gasteiger partial charge in [-0.2, -0.15) is 0 Å². The minimum absolute atomic E-state index is 0.360. The summed E-state index contributed by atoms with van der Waals surface area (Å²) in [5.74, 6) is 0. The van der Waals surface area contributed by atoms with E-state index in [2.05, 4.69) is 15.9 Å². The van der Waals surface area contributed by atoms with Crippen LogP contribution in [0.1, 0.15) is 20.8 Å². The average molecular weight is 336 g/mol. The van der Waals surface area contributed by atoms with Crippen LogP contribution in [0, 0.1) is 0 Å². The van der Waals surface area contributed by atoms with Gasteiger partial charge in [-0.25, -0.2) is 4.79 Å². The van der Waals surface area contributed by atoms with Gasteiger partial charge in [0.15, 0.2) is 0 Å². The number of rotatable bonds is 1. The van der Waals surface area contributed by atoms with Gasteiger partial charge in [-0.15, -0.1) is 0 Å². The highest BCUT2D eigenvalue weighted by molar-refractivity contribution is 9.10. The second-order valence-corrected chi connectivity index (χ2v) is 6.60. The van der Waals surface area contributed by atoms with Crippen LogP contribution in [0.3, 0.4) is 0 Å². The molecule has 0 aliphatic carbocycles. The number of nitrogens with zero attached hydrogens (tertiary/aromatic N) is 1. The molecule has 0 unspecified atom stereocenters. The molecule has 0 atom stereocenters. The zero-order valence-electron chi connectivity index (χ0n) is 12.1. The van der Waals surface area contributed by atoms with E-state index < -0.39 is 5.60 Å². The molecule has 0 saturated carbocycles. The van der Waals surface area contributed by atoms with Crippen LogP contribution in [0.5, 0.6) is 0 Å². The van der Waals surface area contributed by atoms with Gasteiger partial charge in [-0.1, -0.05) is 40.2 Å². The third-order valence-electron chi connectivity index (χ3n) is 2.83. The van der Waals surface area contributed by atoms with Crippen LogP contribution in [0.15, 0.2) is 40.9 Å². The van der Waals surface area contributed by atoms with E-state index in [0.717, 1.165) is 20.9 Å². The van der Waals surface area contributed by atoms with Crippen molar-refractivity contribution in [2.45, 2.75) is 26.4 Å². The first-order valence-electron chi connectivity index (χ1n) is 6.43. The number of fused-ring (bicyclic) bond motifs is 1. The Labute approximate surface area is 127 Å². The lowest BCUT2D eigenvalue weighted by Gasteiger charge is -2.25. The van der Waals surface area contributed by atoms with Gasteiger partial charge < -0.3 is 4.74 Å². The Bertz CT molecular complexity index is 646. The maximum atomic E-state index is 12.2. The first-order valence-corrected chi connectivity index (χ1v) is 7.22. The summed E-state index contributed by atoms with van der Waals surface area (Å²) < 4.78 is 6.35. The molecule has 0 spiro atoms. The number of carbonyl (C=O) groups is 1. The fourth-order valence-corrected chi connectivity index (χ4v) is 2.42. The van der Waals surface area contributed by atoms with E-state index in [9.17, 15) is 4.79 Å². The van der Waals surface area contributed by atoms with Crippen LogP contribution in [-0.4, -0.2) is 18.7 Å². The zero-order valence-corrected chi connectivity index (χ0v) is 13.7. The van der Waals surface area contributed by atoms with Crippen molar-refractivity contribution in [2.24, 2.45) is 0 Å². The molecule has 0 heterocycles. The number of hydrogen-bond acceptors (Lipinski definition) is 2. The van der Waals surface area contributed by atoms with Crippen molar-refractivity contribution in [3.05, 3.63) is 40.9 Å². The molecule has 0 aromatic heterocycles. The summed E-state index contributed by atoms with van der Waals surface area (Å²) in [6.07, 6.45) is -0.360. The summed E-state index contributed by atoms with van der Waals surface area (Å²) in [5, 5.41) is 2.09. The first kappa shape index (κ1) is 14.9. The smallest absolute Gasteiger partial charge is 0.414 e. The first-order chi connectivity index (χ1) is 9.28. The standard InChI is InChI=1S/C16H18BrNO2/c1-16(2,3)20-15(19)18(4)14-10-12(17)9-11-7-5-6-8-13(11)14/h5-10H,1-4H3. The van der Waals surface area contributed by atoms with Gasteiger partial charge in [-0.05, 0) is 38.3 Å². The van der Waals surface area contributed by atoms with Crippen LogP contribution < -0.4 is 4.90 Å². The molecule has 3 nitrogen and oxygen atoms in total. The average Bonchev–Trinajstić information content (AvgIpc) is 2.34. The third kappa shape index (κ3) is 3.31. The Morgan fingerprint density at radius 2 is 1.85 bits per heavy atom. The van der Waals surface area contributed by atoms with Crippen molar-refractivity contribution in [3.8, 4) is 0 Å². The van der Waals surface area contributed by atoms with Crippen molar-refractivity contribution in [1.82, 2.24) is 0 Å². The van der Waals surface area contributed by atoms with Crippen molar-refractivity contribution in [1.29, 1.82) is 0 Å². The summed E-state index contributed by atoms with van der Waals surface area (Å²) in [5.41, 5.74) is 0.317. The van der Waals surface area contributed by atoms with Gasteiger partial charge >= 0.3 is 6.09 Å². The van der Waals surface area contributed by atoms with E-state index in [0.29, 0.717) is 0 Å². The van der Waals surface area contributed by atoms with E-state index >= 15 is 0 Å². The fraction of sp³-hybridized carbons (Fsp3) is 0.312. The zero-order chi connectivity index (χ0) is 14.9. The lowest BCUT2D eigenvalue weighted by atomic mass is 10.1.